The van der Waals surface area contributed by atoms with Crippen LogP contribution in [0.25, 0.3) is 0 Å². The van der Waals surface area contributed by atoms with Crippen LogP contribution in [-0.2, 0) is 7.05 Å². The maximum Gasteiger partial charge on any atom is 0.259 e. The van der Waals surface area contributed by atoms with E-state index in [0.717, 1.165) is 25.0 Å². The van der Waals surface area contributed by atoms with E-state index in [1.54, 1.807) is 15.7 Å². The molecule has 0 unspecified atom stereocenters. The van der Waals surface area contributed by atoms with E-state index in [1.165, 1.54) is 6.07 Å². The van der Waals surface area contributed by atoms with Gasteiger partial charge in [0.05, 0.1) is 12.6 Å². The zero-order chi connectivity index (χ0) is 14.0. The zero-order valence-electron chi connectivity index (χ0n) is 11.4. The predicted molar refractivity (Wildman–Crippen MR) is 72.2 cm³/mol. The maximum atomic E-state index is 12.5. The quantitative estimate of drug-likeness (QED) is 0.854. The molecule has 19 heavy (non-hydrogen) atoms. The second kappa shape index (κ2) is 5.57. The average Bonchev–Trinajstić information content (AvgIpc) is 2.42. The van der Waals surface area contributed by atoms with Gasteiger partial charge in [-0.15, -0.1) is 0 Å². The van der Waals surface area contributed by atoms with Gasteiger partial charge >= 0.3 is 0 Å². The molecule has 1 amide bonds. The number of hydrogen-bond acceptors (Lipinski definition) is 3. The van der Waals surface area contributed by atoms with Crippen molar-refractivity contribution < 1.29 is 9.90 Å². The van der Waals surface area contributed by atoms with E-state index < -0.39 is 0 Å². The number of rotatable bonds is 2. The highest BCUT2D eigenvalue weighted by atomic mass is 16.3. The summed E-state index contributed by atoms with van der Waals surface area (Å²) in [4.78, 5) is 26.0. The Kier molecular flexibility index (Phi) is 4.04. The lowest BCUT2D eigenvalue weighted by molar-refractivity contribution is 0.0501. The van der Waals surface area contributed by atoms with Crippen LogP contribution in [0, 0.1) is 6.92 Å². The molecule has 1 saturated heterocycles. The lowest BCUT2D eigenvalue weighted by Crippen LogP contribution is -2.47. The van der Waals surface area contributed by atoms with Gasteiger partial charge in [-0.1, -0.05) is 0 Å². The van der Waals surface area contributed by atoms with Gasteiger partial charge in [0.2, 0.25) is 0 Å². The van der Waals surface area contributed by atoms with Crippen LogP contribution in [-0.4, -0.2) is 39.7 Å². The van der Waals surface area contributed by atoms with Crippen LogP contribution >= 0.6 is 0 Å². The second-order valence-corrected chi connectivity index (χ2v) is 5.13. The van der Waals surface area contributed by atoms with Crippen LogP contribution in [0.5, 0.6) is 0 Å². The first kappa shape index (κ1) is 13.8. The number of hydrogen-bond donors (Lipinski definition) is 1. The minimum Gasteiger partial charge on any atom is -0.394 e. The summed E-state index contributed by atoms with van der Waals surface area (Å²) in [5.41, 5.74) is 0.759. The van der Waals surface area contributed by atoms with Crippen molar-refractivity contribution in [3.05, 3.63) is 33.7 Å². The fourth-order valence-corrected chi connectivity index (χ4v) is 2.50. The van der Waals surface area contributed by atoms with E-state index >= 15 is 0 Å². The number of nitrogens with zero attached hydrogens (tertiary/aromatic N) is 2. The fourth-order valence-electron chi connectivity index (χ4n) is 2.50. The third-order valence-electron chi connectivity index (χ3n) is 3.81. The highest BCUT2D eigenvalue weighted by molar-refractivity contribution is 5.94. The van der Waals surface area contributed by atoms with Crippen molar-refractivity contribution in [2.45, 2.75) is 32.2 Å². The van der Waals surface area contributed by atoms with Crippen molar-refractivity contribution in [3.8, 4) is 0 Å². The van der Waals surface area contributed by atoms with Crippen LogP contribution in [0.3, 0.4) is 0 Å². The first-order valence-corrected chi connectivity index (χ1v) is 6.63. The molecule has 1 aromatic rings. The van der Waals surface area contributed by atoms with Crippen LogP contribution in [0.15, 0.2) is 17.1 Å². The summed E-state index contributed by atoms with van der Waals surface area (Å²) >= 11 is 0. The van der Waals surface area contributed by atoms with Gasteiger partial charge in [-0.2, -0.15) is 0 Å². The number of carbonyl (C=O) groups is 1. The molecule has 1 aliphatic rings. The first-order chi connectivity index (χ1) is 9.04. The summed E-state index contributed by atoms with van der Waals surface area (Å²) in [6.45, 7) is 2.39. The third-order valence-corrected chi connectivity index (χ3v) is 3.81. The van der Waals surface area contributed by atoms with Crippen molar-refractivity contribution >= 4 is 5.91 Å². The van der Waals surface area contributed by atoms with Gasteiger partial charge in [0.15, 0.2) is 5.43 Å². The first-order valence-electron chi connectivity index (χ1n) is 6.63. The highest BCUT2D eigenvalue weighted by Gasteiger charge is 2.28. The van der Waals surface area contributed by atoms with Gasteiger partial charge in [0.25, 0.3) is 5.91 Å². The van der Waals surface area contributed by atoms with E-state index in [-0.39, 0.29) is 29.5 Å². The molecule has 5 nitrogen and oxygen atoms in total. The number of piperidine rings is 1. The summed E-state index contributed by atoms with van der Waals surface area (Å²) < 4.78 is 1.77. The molecule has 0 saturated carbocycles. The number of aliphatic hydroxyl groups is 1. The number of carbonyl (C=O) groups excluding carboxylic acids is 1. The maximum absolute atomic E-state index is 12.5. The molecular formula is C14H20N2O3. The Labute approximate surface area is 112 Å². The average molecular weight is 264 g/mol. The zero-order valence-corrected chi connectivity index (χ0v) is 11.4. The van der Waals surface area contributed by atoms with E-state index in [1.807, 2.05) is 14.0 Å². The Morgan fingerprint density at radius 2 is 2.21 bits per heavy atom. The SMILES string of the molecule is Cc1cc(=O)c(C(=O)N2CCCC[C@@H]2CO)cn1C. The summed E-state index contributed by atoms with van der Waals surface area (Å²) in [6.07, 6.45) is 4.33. The molecule has 1 atom stereocenters. The molecule has 0 spiro atoms. The van der Waals surface area contributed by atoms with Crippen LogP contribution in [0.1, 0.15) is 35.3 Å². The topological polar surface area (TPSA) is 62.5 Å². The summed E-state index contributed by atoms with van der Waals surface area (Å²) in [7, 11) is 1.81. The summed E-state index contributed by atoms with van der Waals surface area (Å²) in [6, 6.07) is 1.32. The summed E-state index contributed by atoms with van der Waals surface area (Å²) in [5, 5.41) is 9.35. The Bertz CT molecular complexity index is 536. The third kappa shape index (κ3) is 2.71. The minimum atomic E-state index is -0.264. The van der Waals surface area contributed by atoms with Crippen molar-refractivity contribution in [1.82, 2.24) is 9.47 Å². The number of likely N-dealkylation sites (tertiary alicyclic amines) is 1. The second-order valence-electron chi connectivity index (χ2n) is 5.13. The fraction of sp³-hybridized carbons (Fsp3) is 0.571. The van der Waals surface area contributed by atoms with Crippen LogP contribution in [0.4, 0.5) is 0 Å². The molecular weight excluding hydrogens is 244 g/mol. The van der Waals surface area contributed by atoms with Crippen molar-refractivity contribution in [2.24, 2.45) is 7.05 Å². The number of aryl methyl sites for hydroxylation is 2. The molecule has 1 aromatic heterocycles. The van der Waals surface area contributed by atoms with Gasteiger partial charge in [-0.05, 0) is 26.2 Å². The minimum absolute atomic E-state index is 0.0437. The van der Waals surface area contributed by atoms with E-state index in [2.05, 4.69) is 0 Å². The normalized spacial score (nSPS) is 19.5. The molecule has 0 bridgehead atoms. The Hall–Kier alpha value is -1.62. The summed E-state index contributed by atoms with van der Waals surface area (Å²) in [5.74, 6) is -0.264. The number of amides is 1. The van der Waals surface area contributed by atoms with E-state index in [4.69, 9.17) is 0 Å². The highest BCUT2D eigenvalue weighted by Crippen LogP contribution is 2.18. The van der Waals surface area contributed by atoms with Gasteiger partial charge in [0.1, 0.15) is 5.56 Å². The Balaban J connectivity index is 2.33. The lowest BCUT2D eigenvalue weighted by atomic mass is 10.0. The molecule has 0 aliphatic carbocycles. The number of pyridine rings is 1. The molecule has 104 valence electrons. The Morgan fingerprint density at radius 3 is 2.89 bits per heavy atom. The van der Waals surface area contributed by atoms with Gasteiger partial charge in [-0.25, -0.2) is 0 Å². The smallest absolute Gasteiger partial charge is 0.259 e. The van der Waals surface area contributed by atoms with Crippen LogP contribution < -0.4 is 5.43 Å². The van der Waals surface area contributed by atoms with Crippen molar-refractivity contribution in [1.29, 1.82) is 0 Å². The molecule has 1 fully saturated rings. The van der Waals surface area contributed by atoms with Gasteiger partial charge in [-0.3, -0.25) is 9.59 Å². The monoisotopic (exact) mass is 264 g/mol. The van der Waals surface area contributed by atoms with Gasteiger partial charge in [0, 0.05) is 31.5 Å². The molecule has 2 heterocycles. The van der Waals surface area contributed by atoms with E-state index in [0.29, 0.717) is 6.54 Å². The van der Waals surface area contributed by atoms with Crippen LogP contribution in [0.2, 0.25) is 0 Å². The molecule has 0 aromatic carbocycles. The predicted octanol–water partition coefficient (Wildman–Crippen LogP) is 0.681. The van der Waals surface area contributed by atoms with Crippen molar-refractivity contribution in [2.75, 3.05) is 13.2 Å². The number of aliphatic hydroxyl groups excluding tert-OH is 1. The Morgan fingerprint density at radius 1 is 1.47 bits per heavy atom. The van der Waals surface area contributed by atoms with E-state index in [9.17, 15) is 14.7 Å². The molecule has 1 N–H and O–H groups in total. The molecule has 5 heteroatoms. The van der Waals surface area contributed by atoms with Gasteiger partial charge < -0.3 is 14.6 Å². The largest absolute Gasteiger partial charge is 0.394 e. The standard InChI is InChI=1S/C14H20N2O3/c1-10-7-13(18)12(8-15(10)2)14(19)16-6-4-3-5-11(16)9-17/h7-8,11,17H,3-6,9H2,1-2H3/t11-/m1/s1. The van der Waals surface area contributed by atoms with Crippen molar-refractivity contribution in [3.63, 3.8) is 0 Å². The molecule has 2 rings (SSSR count). The number of aromatic nitrogens is 1. The molecule has 1 aliphatic heterocycles. The lowest BCUT2D eigenvalue weighted by Gasteiger charge is -2.34. The molecule has 0 radical (unpaired) electrons.